The van der Waals surface area contributed by atoms with Crippen LogP contribution in [-0.4, -0.2) is 17.8 Å². The number of allylic oxidation sites excluding steroid dienone is 1. The Balaban J connectivity index is 2.36. The minimum Gasteiger partial charge on any atom is -0.330 e. The summed E-state index contributed by atoms with van der Waals surface area (Å²) in [4.78, 5) is 15.3. The summed E-state index contributed by atoms with van der Waals surface area (Å²) in [6.45, 7) is 0. The third-order valence-electron chi connectivity index (χ3n) is 2.08. The molecule has 1 amide bonds. The summed E-state index contributed by atoms with van der Waals surface area (Å²) < 4.78 is 0. The lowest BCUT2D eigenvalue weighted by atomic mass is 10.1. The standard InChI is InChI=1S/C11H11N3O/c12-10-11(15)13-7-6-9(14-10)8-4-2-1-3-5-8/h1-7,10H,12H2,(H,13,15). The van der Waals surface area contributed by atoms with Gasteiger partial charge in [-0.25, -0.2) is 0 Å². The van der Waals surface area contributed by atoms with E-state index in [1.807, 2.05) is 30.3 Å². The molecule has 2 rings (SSSR count). The van der Waals surface area contributed by atoms with Crippen LogP contribution in [0.3, 0.4) is 0 Å². The molecule has 1 aromatic rings. The van der Waals surface area contributed by atoms with Gasteiger partial charge in [0, 0.05) is 6.20 Å². The van der Waals surface area contributed by atoms with E-state index in [0.29, 0.717) is 5.71 Å². The van der Waals surface area contributed by atoms with Gasteiger partial charge in [-0.3, -0.25) is 9.79 Å². The summed E-state index contributed by atoms with van der Waals surface area (Å²) in [5, 5.41) is 2.53. The van der Waals surface area contributed by atoms with Gasteiger partial charge in [0.05, 0.1) is 5.71 Å². The predicted octanol–water partition coefficient (Wildman–Crippen LogP) is 0.404. The molecule has 1 aliphatic rings. The lowest BCUT2D eigenvalue weighted by Crippen LogP contribution is -2.36. The van der Waals surface area contributed by atoms with Crippen molar-refractivity contribution in [1.29, 1.82) is 0 Å². The number of hydrogen-bond acceptors (Lipinski definition) is 3. The molecule has 0 saturated heterocycles. The van der Waals surface area contributed by atoms with Crippen molar-refractivity contribution in [3.63, 3.8) is 0 Å². The Bertz CT molecular complexity index is 423. The molecule has 0 fully saturated rings. The lowest BCUT2D eigenvalue weighted by Gasteiger charge is -2.03. The SMILES string of the molecule is NC1N=C(c2ccccc2)C=CNC1=O. The van der Waals surface area contributed by atoms with Gasteiger partial charge < -0.3 is 11.1 Å². The number of nitrogens with two attached hydrogens (primary N) is 1. The molecule has 1 atom stereocenters. The van der Waals surface area contributed by atoms with E-state index in [9.17, 15) is 4.79 Å². The Labute approximate surface area is 87.5 Å². The fourth-order valence-corrected chi connectivity index (χ4v) is 1.32. The average Bonchev–Trinajstić information content (AvgIpc) is 2.43. The fraction of sp³-hybridized carbons (Fsp3) is 0.0909. The Kier molecular flexibility index (Phi) is 2.60. The summed E-state index contributed by atoms with van der Waals surface area (Å²) in [6, 6.07) is 9.60. The zero-order valence-electron chi connectivity index (χ0n) is 8.05. The number of benzene rings is 1. The van der Waals surface area contributed by atoms with Gasteiger partial charge in [-0.1, -0.05) is 30.3 Å². The van der Waals surface area contributed by atoms with Crippen molar-refractivity contribution in [3.8, 4) is 0 Å². The van der Waals surface area contributed by atoms with Gasteiger partial charge in [0.25, 0.3) is 5.91 Å². The third kappa shape index (κ3) is 2.11. The van der Waals surface area contributed by atoms with Crippen molar-refractivity contribution >= 4 is 11.6 Å². The van der Waals surface area contributed by atoms with E-state index < -0.39 is 6.17 Å². The molecule has 15 heavy (non-hydrogen) atoms. The highest BCUT2D eigenvalue weighted by Crippen LogP contribution is 2.05. The summed E-state index contributed by atoms with van der Waals surface area (Å²) in [7, 11) is 0. The van der Waals surface area contributed by atoms with E-state index in [1.165, 1.54) is 0 Å². The quantitative estimate of drug-likeness (QED) is 0.690. The maximum Gasteiger partial charge on any atom is 0.263 e. The van der Waals surface area contributed by atoms with Crippen LogP contribution in [0.15, 0.2) is 47.6 Å². The zero-order valence-corrected chi connectivity index (χ0v) is 8.05. The van der Waals surface area contributed by atoms with Crippen molar-refractivity contribution in [2.45, 2.75) is 6.17 Å². The molecule has 4 heteroatoms. The molecule has 0 saturated carbocycles. The van der Waals surface area contributed by atoms with Gasteiger partial charge in [-0.15, -0.1) is 0 Å². The van der Waals surface area contributed by atoms with Gasteiger partial charge in [0.2, 0.25) is 0 Å². The normalized spacial score (nSPS) is 20.5. The maximum atomic E-state index is 11.2. The minimum absolute atomic E-state index is 0.294. The largest absolute Gasteiger partial charge is 0.330 e. The molecule has 4 nitrogen and oxygen atoms in total. The first-order valence-corrected chi connectivity index (χ1v) is 4.63. The summed E-state index contributed by atoms with van der Waals surface area (Å²) in [6.07, 6.45) is 2.46. The molecule has 76 valence electrons. The molecule has 0 radical (unpaired) electrons. The summed E-state index contributed by atoms with van der Waals surface area (Å²) >= 11 is 0. The van der Waals surface area contributed by atoms with Gasteiger partial charge in [-0.05, 0) is 11.6 Å². The maximum absolute atomic E-state index is 11.2. The highest BCUT2D eigenvalue weighted by Gasteiger charge is 2.14. The highest BCUT2D eigenvalue weighted by molar-refractivity contribution is 6.10. The molecule has 0 aromatic heterocycles. The number of rotatable bonds is 1. The van der Waals surface area contributed by atoms with Crippen molar-refractivity contribution in [3.05, 3.63) is 48.2 Å². The predicted molar refractivity (Wildman–Crippen MR) is 58.2 cm³/mol. The van der Waals surface area contributed by atoms with Crippen LogP contribution in [0.2, 0.25) is 0 Å². The van der Waals surface area contributed by atoms with E-state index in [-0.39, 0.29) is 5.91 Å². The molecule has 0 spiro atoms. The van der Waals surface area contributed by atoms with Crippen LogP contribution in [0.5, 0.6) is 0 Å². The number of carbonyl (C=O) groups excluding carboxylic acids is 1. The van der Waals surface area contributed by atoms with Crippen LogP contribution in [0, 0.1) is 0 Å². The Morgan fingerprint density at radius 3 is 2.73 bits per heavy atom. The van der Waals surface area contributed by atoms with Crippen molar-refractivity contribution < 1.29 is 4.79 Å². The van der Waals surface area contributed by atoms with Crippen LogP contribution in [0.1, 0.15) is 5.56 Å². The van der Waals surface area contributed by atoms with Crippen molar-refractivity contribution in [2.24, 2.45) is 10.7 Å². The number of nitrogens with one attached hydrogen (secondary N) is 1. The Morgan fingerprint density at radius 1 is 1.27 bits per heavy atom. The fourth-order valence-electron chi connectivity index (χ4n) is 1.32. The zero-order chi connectivity index (χ0) is 10.7. The number of nitrogens with zero attached hydrogens (tertiary/aromatic N) is 1. The third-order valence-corrected chi connectivity index (χ3v) is 2.08. The van der Waals surface area contributed by atoms with Crippen LogP contribution in [0.4, 0.5) is 0 Å². The molecule has 3 N–H and O–H groups in total. The van der Waals surface area contributed by atoms with Gasteiger partial charge in [0.15, 0.2) is 6.17 Å². The van der Waals surface area contributed by atoms with Crippen LogP contribution in [-0.2, 0) is 4.79 Å². The smallest absolute Gasteiger partial charge is 0.263 e. The molecule has 1 aliphatic heterocycles. The van der Waals surface area contributed by atoms with Crippen molar-refractivity contribution in [1.82, 2.24) is 5.32 Å². The minimum atomic E-state index is -0.838. The Morgan fingerprint density at radius 2 is 2.00 bits per heavy atom. The number of hydrogen-bond donors (Lipinski definition) is 2. The molecule has 1 heterocycles. The van der Waals surface area contributed by atoms with E-state index in [4.69, 9.17) is 5.73 Å². The van der Waals surface area contributed by atoms with E-state index >= 15 is 0 Å². The van der Waals surface area contributed by atoms with Crippen LogP contribution in [0.25, 0.3) is 0 Å². The molecule has 0 bridgehead atoms. The van der Waals surface area contributed by atoms with Crippen LogP contribution >= 0.6 is 0 Å². The van der Waals surface area contributed by atoms with Gasteiger partial charge in [0.1, 0.15) is 0 Å². The monoisotopic (exact) mass is 201 g/mol. The average molecular weight is 201 g/mol. The second kappa shape index (κ2) is 4.06. The molecule has 1 aromatic carbocycles. The molecular weight excluding hydrogens is 190 g/mol. The lowest BCUT2D eigenvalue weighted by molar-refractivity contribution is -0.121. The van der Waals surface area contributed by atoms with E-state index in [1.54, 1.807) is 12.3 Å². The first-order valence-electron chi connectivity index (χ1n) is 4.63. The number of amides is 1. The van der Waals surface area contributed by atoms with E-state index in [0.717, 1.165) is 5.56 Å². The van der Waals surface area contributed by atoms with Gasteiger partial charge >= 0.3 is 0 Å². The highest BCUT2D eigenvalue weighted by atomic mass is 16.2. The number of aliphatic imine (C=N–C) groups is 1. The summed E-state index contributed by atoms with van der Waals surface area (Å²) in [5.74, 6) is -0.294. The molecule has 0 aliphatic carbocycles. The second-order valence-corrected chi connectivity index (χ2v) is 3.17. The first-order chi connectivity index (χ1) is 7.27. The molecule has 1 unspecified atom stereocenters. The van der Waals surface area contributed by atoms with Gasteiger partial charge in [-0.2, -0.15) is 0 Å². The topological polar surface area (TPSA) is 67.5 Å². The first kappa shape index (κ1) is 9.61. The van der Waals surface area contributed by atoms with Crippen molar-refractivity contribution in [2.75, 3.05) is 0 Å². The molecular formula is C11H11N3O. The number of carbonyl (C=O) groups is 1. The van der Waals surface area contributed by atoms with E-state index in [2.05, 4.69) is 10.3 Å². The Hall–Kier alpha value is -1.94. The second-order valence-electron chi connectivity index (χ2n) is 3.17. The summed E-state index contributed by atoms with van der Waals surface area (Å²) in [5.41, 5.74) is 7.22. The van der Waals surface area contributed by atoms with Crippen LogP contribution < -0.4 is 11.1 Å².